The summed E-state index contributed by atoms with van der Waals surface area (Å²) >= 11 is 6.39. The van der Waals surface area contributed by atoms with Crippen molar-refractivity contribution in [2.45, 2.75) is 13.0 Å². The van der Waals surface area contributed by atoms with E-state index >= 15 is 0 Å². The maximum Gasteiger partial charge on any atom is 0.325 e. The van der Waals surface area contributed by atoms with Crippen LogP contribution in [0.3, 0.4) is 0 Å². The molecular weight excluding hydrogens is 396 g/mol. The predicted octanol–water partition coefficient (Wildman–Crippen LogP) is 1.49. The lowest BCUT2D eigenvalue weighted by atomic mass is 10.2. The van der Waals surface area contributed by atoms with Crippen LogP contribution in [0.15, 0.2) is 24.5 Å². The van der Waals surface area contributed by atoms with Crippen molar-refractivity contribution in [1.29, 1.82) is 0 Å². The Bertz CT molecular complexity index is 841. The number of nitrogens with two attached hydrogens (primary N) is 1. The zero-order valence-electron chi connectivity index (χ0n) is 16.7. The molecule has 10 heteroatoms. The summed E-state index contributed by atoms with van der Waals surface area (Å²) in [6, 6.07) is 3.00. The maximum absolute atomic E-state index is 12.4. The second-order valence-corrected chi connectivity index (χ2v) is 7.34. The van der Waals surface area contributed by atoms with Crippen LogP contribution in [-0.2, 0) is 4.74 Å². The van der Waals surface area contributed by atoms with Crippen molar-refractivity contribution in [2.75, 3.05) is 55.9 Å². The summed E-state index contributed by atoms with van der Waals surface area (Å²) < 4.78 is 11.7. The highest BCUT2D eigenvalue weighted by molar-refractivity contribution is 6.33. The number of amides is 2. The average Bonchev–Trinajstić information content (AvgIpc) is 2.69. The standard InChI is InChI=1S/C19H25ClN6O3/c1-12-8-23-18(10-22-12)25-19(27)24-15-6-14(20)16(26(2)3)7-17(15)29-11-13-9-21-4-5-28-13/h6-8,10,13,21H,4-5,9,11H2,1-3H3,(H2,23,24,25,27)/p+1. The maximum atomic E-state index is 12.4. The molecule has 1 aliphatic rings. The lowest BCUT2D eigenvalue weighted by molar-refractivity contribution is -0.677. The van der Waals surface area contributed by atoms with Gasteiger partial charge in [-0.3, -0.25) is 10.3 Å². The normalized spacial score (nSPS) is 16.2. The van der Waals surface area contributed by atoms with Crippen molar-refractivity contribution < 1.29 is 19.6 Å². The van der Waals surface area contributed by atoms with Gasteiger partial charge in [0.1, 0.15) is 25.0 Å². The molecule has 156 valence electrons. The molecule has 29 heavy (non-hydrogen) atoms. The van der Waals surface area contributed by atoms with E-state index in [1.165, 1.54) is 6.20 Å². The summed E-state index contributed by atoms with van der Waals surface area (Å²) in [6.07, 6.45) is 3.06. The molecule has 4 N–H and O–H groups in total. The number of halogens is 1. The predicted molar refractivity (Wildman–Crippen MR) is 112 cm³/mol. The van der Waals surface area contributed by atoms with Crippen molar-refractivity contribution in [2.24, 2.45) is 0 Å². The Kier molecular flexibility index (Phi) is 7.08. The first-order chi connectivity index (χ1) is 13.9. The number of ether oxygens (including phenoxy) is 2. The van der Waals surface area contributed by atoms with Gasteiger partial charge in [-0.1, -0.05) is 11.6 Å². The van der Waals surface area contributed by atoms with E-state index in [0.29, 0.717) is 35.5 Å². The van der Waals surface area contributed by atoms with Crippen LogP contribution in [0, 0.1) is 6.92 Å². The number of aryl methyl sites for hydroxylation is 1. The summed E-state index contributed by atoms with van der Waals surface area (Å²) in [7, 11) is 3.78. The number of carbonyl (C=O) groups excluding carboxylic acids is 1. The van der Waals surface area contributed by atoms with Gasteiger partial charge in [-0.05, 0) is 13.0 Å². The minimum atomic E-state index is -0.469. The van der Waals surface area contributed by atoms with Gasteiger partial charge >= 0.3 is 6.03 Å². The molecule has 0 aliphatic carbocycles. The molecule has 0 bridgehead atoms. The highest BCUT2D eigenvalue weighted by Crippen LogP contribution is 2.36. The summed E-state index contributed by atoms with van der Waals surface area (Å²) in [5, 5.41) is 8.11. The van der Waals surface area contributed by atoms with Crippen molar-refractivity contribution in [3.05, 3.63) is 35.2 Å². The molecule has 1 aromatic heterocycles. The Morgan fingerprint density at radius 3 is 2.83 bits per heavy atom. The van der Waals surface area contributed by atoms with Gasteiger partial charge in [0.25, 0.3) is 0 Å². The fourth-order valence-corrected chi connectivity index (χ4v) is 3.15. The zero-order valence-corrected chi connectivity index (χ0v) is 17.5. The highest BCUT2D eigenvalue weighted by atomic mass is 35.5. The molecule has 9 nitrogen and oxygen atoms in total. The number of rotatable bonds is 6. The third-order valence-electron chi connectivity index (χ3n) is 4.33. The molecule has 1 aliphatic heterocycles. The Morgan fingerprint density at radius 2 is 2.17 bits per heavy atom. The minimum absolute atomic E-state index is 0.00764. The Hall–Kier alpha value is -2.62. The average molecular weight is 422 g/mol. The van der Waals surface area contributed by atoms with Crippen molar-refractivity contribution in [1.82, 2.24) is 9.97 Å². The zero-order chi connectivity index (χ0) is 20.8. The topological polar surface area (TPSA) is 105 Å². The van der Waals surface area contributed by atoms with Crippen LogP contribution in [0.25, 0.3) is 0 Å². The van der Waals surface area contributed by atoms with Crippen LogP contribution in [-0.4, -0.2) is 62.5 Å². The van der Waals surface area contributed by atoms with Crippen molar-refractivity contribution >= 4 is 34.8 Å². The molecule has 0 radical (unpaired) electrons. The molecule has 1 saturated heterocycles. The molecule has 0 spiro atoms. The molecule has 1 unspecified atom stereocenters. The number of hydrogen-bond donors (Lipinski definition) is 3. The number of aromatic nitrogens is 2. The second kappa shape index (κ2) is 9.73. The van der Waals surface area contributed by atoms with E-state index in [9.17, 15) is 4.79 Å². The van der Waals surface area contributed by atoms with E-state index in [1.807, 2.05) is 25.9 Å². The van der Waals surface area contributed by atoms with Gasteiger partial charge in [0.15, 0.2) is 5.82 Å². The third kappa shape index (κ3) is 5.93. The summed E-state index contributed by atoms with van der Waals surface area (Å²) in [6.45, 7) is 4.69. The molecule has 0 saturated carbocycles. The van der Waals surface area contributed by atoms with E-state index in [4.69, 9.17) is 21.1 Å². The quantitative estimate of drug-likeness (QED) is 0.652. The molecule has 3 rings (SSSR count). The highest BCUT2D eigenvalue weighted by Gasteiger charge is 2.19. The van der Waals surface area contributed by atoms with Gasteiger partial charge in [-0.2, -0.15) is 0 Å². The van der Waals surface area contributed by atoms with Crippen LogP contribution in [0.1, 0.15) is 5.69 Å². The van der Waals surface area contributed by atoms with E-state index in [1.54, 1.807) is 18.3 Å². The van der Waals surface area contributed by atoms with Crippen molar-refractivity contribution in [3.63, 3.8) is 0 Å². The van der Waals surface area contributed by atoms with Gasteiger partial charge in [-0.25, -0.2) is 9.78 Å². The van der Waals surface area contributed by atoms with Gasteiger partial charge < -0.3 is 25.0 Å². The van der Waals surface area contributed by atoms with Crippen LogP contribution in [0.2, 0.25) is 5.02 Å². The van der Waals surface area contributed by atoms with E-state index < -0.39 is 6.03 Å². The fourth-order valence-electron chi connectivity index (χ4n) is 2.82. The molecule has 1 fully saturated rings. The van der Waals surface area contributed by atoms with Gasteiger partial charge in [0.05, 0.1) is 47.6 Å². The Balaban J connectivity index is 1.74. The largest absolute Gasteiger partial charge is 0.488 e. The summed E-state index contributed by atoms with van der Waals surface area (Å²) in [5.74, 6) is 0.857. The lowest BCUT2D eigenvalue weighted by Crippen LogP contribution is -2.89. The summed E-state index contributed by atoms with van der Waals surface area (Å²) in [4.78, 5) is 22.5. The molecule has 2 heterocycles. The lowest BCUT2D eigenvalue weighted by Gasteiger charge is -2.23. The van der Waals surface area contributed by atoms with Gasteiger partial charge in [0, 0.05) is 20.2 Å². The SMILES string of the molecule is Cc1cnc(NC(=O)Nc2cc(Cl)c(N(C)C)cc2OCC2C[NH2+]CCO2)cn1. The number of morpholine rings is 1. The van der Waals surface area contributed by atoms with Crippen LogP contribution in [0.5, 0.6) is 5.75 Å². The first-order valence-corrected chi connectivity index (χ1v) is 9.73. The number of quaternary nitrogens is 1. The third-order valence-corrected chi connectivity index (χ3v) is 4.63. The molecule has 1 atom stereocenters. The fraction of sp³-hybridized carbons (Fsp3) is 0.421. The first kappa shape index (κ1) is 21.1. The number of nitrogens with one attached hydrogen (secondary N) is 2. The van der Waals surface area contributed by atoms with Crippen LogP contribution >= 0.6 is 11.6 Å². The van der Waals surface area contributed by atoms with Crippen LogP contribution < -0.4 is 25.6 Å². The molecule has 1 aromatic carbocycles. The Morgan fingerprint density at radius 1 is 1.34 bits per heavy atom. The molecular formula is C19H26ClN6O3+. The number of carbonyl (C=O) groups is 1. The smallest absolute Gasteiger partial charge is 0.325 e. The van der Waals surface area contributed by atoms with Crippen LogP contribution in [0.4, 0.5) is 22.0 Å². The minimum Gasteiger partial charge on any atom is -0.488 e. The van der Waals surface area contributed by atoms with Gasteiger partial charge in [-0.15, -0.1) is 0 Å². The van der Waals surface area contributed by atoms with Gasteiger partial charge in [0.2, 0.25) is 0 Å². The molecule has 2 amide bonds. The summed E-state index contributed by atoms with van der Waals surface area (Å²) in [5.41, 5.74) is 2.01. The Labute approximate surface area is 174 Å². The molecule has 2 aromatic rings. The number of nitrogens with zero attached hydrogens (tertiary/aromatic N) is 3. The van der Waals surface area contributed by atoms with E-state index in [-0.39, 0.29) is 6.10 Å². The second-order valence-electron chi connectivity index (χ2n) is 6.93. The van der Waals surface area contributed by atoms with Crippen molar-refractivity contribution in [3.8, 4) is 5.75 Å². The first-order valence-electron chi connectivity index (χ1n) is 9.36. The van der Waals surface area contributed by atoms with E-state index in [2.05, 4.69) is 25.9 Å². The number of urea groups is 1. The number of anilines is 3. The monoisotopic (exact) mass is 421 g/mol. The van der Waals surface area contributed by atoms with E-state index in [0.717, 1.165) is 24.5 Å². The number of hydrogen-bond acceptors (Lipinski definition) is 6. The number of benzene rings is 1.